The van der Waals surface area contributed by atoms with Gasteiger partial charge in [0, 0.05) is 140 Å². The van der Waals surface area contributed by atoms with E-state index < -0.39 is 0 Å². The fourth-order valence-electron chi connectivity index (χ4n) is 21.8. The fraction of sp³-hybridized carbons (Fsp3) is 0.228. The number of furan rings is 4. The largest absolute Gasteiger partial charge is 0.455 e. The molecule has 0 spiro atoms. The lowest BCUT2D eigenvalue weighted by Gasteiger charge is -2.28. The van der Waals surface area contributed by atoms with Crippen LogP contribution in [0.3, 0.4) is 0 Å². The summed E-state index contributed by atoms with van der Waals surface area (Å²) in [6.07, 6.45) is 12.6. The third kappa shape index (κ3) is 11.9. The van der Waals surface area contributed by atoms with Crippen LogP contribution in [0.4, 0.5) is 0 Å². The van der Waals surface area contributed by atoms with E-state index in [-0.39, 0.29) is 21.7 Å². The van der Waals surface area contributed by atoms with Crippen molar-refractivity contribution < 1.29 is 35.9 Å². The van der Waals surface area contributed by atoms with Gasteiger partial charge in [-0.15, -0.1) is 0 Å². The minimum absolute atomic E-state index is 0.0543. The van der Waals surface area contributed by atoms with Crippen molar-refractivity contribution in [1.82, 2.24) is 19.9 Å². The van der Waals surface area contributed by atoms with Gasteiger partial charge in [-0.3, -0.25) is 4.98 Å². The Morgan fingerprint density at radius 2 is 0.651 bits per heavy atom. The Bertz CT molecular complexity index is 7750. The highest BCUT2D eigenvalue weighted by Crippen LogP contribution is 2.57. The number of benzene rings is 8. The van der Waals surface area contributed by atoms with Gasteiger partial charge in [-0.1, -0.05) is 183 Å². The summed E-state index contributed by atoms with van der Waals surface area (Å²) in [5.41, 5.74) is 45.2. The van der Waals surface area contributed by atoms with Gasteiger partial charge in [0.1, 0.15) is 39.4 Å². The van der Waals surface area contributed by atoms with Gasteiger partial charge in [0.25, 0.3) is 0 Å². The molecule has 620 valence electrons. The molecule has 12 nitrogen and oxygen atoms in total. The minimum Gasteiger partial charge on any atom is -0.455 e. The number of hydrogen-bond donors (Lipinski definition) is 0. The van der Waals surface area contributed by atoms with Crippen LogP contribution in [0.15, 0.2) is 261 Å². The molecule has 20 aromatic rings. The van der Waals surface area contributed by atoms with Gasteiger partial charge in [0.05, 0.1) is 45.0 Å². The normalized spacial score (nSPS) is 14.2. The standard InChI is InChI=1S/C30H29N2O.3C28H25N2O/c1-6-30(7-2)24-11-9-8-10-20(24)22-16-23-21-14-13-19(4)26(25-15-12-18(3)17-32(25)5)27(21)33-29(23)31-28(22)30;1-16-8-11-23(30(5)15-16)25-17(2)9-10-18-21-13-20-19-7-6-12-29-27(19)28(3,4)22(20)14-24(21)31-26(18)25;1-16-10-13-23(30(5)15-16)24-17(2)11-12-18-20-14-22-25(29-27(20)31-26(18)24)19-8-6-7-9-21(19)28(22,3)4;1-16-10-13-23(30(5)15-16)24-17(2)11-12-19-21-14-20-18-8-6-7-9-22(18)28(3,4)26(20)29-27(21)31-25(19)24/h8-17H,6-7H2,1-5H3;3*6-15H,1-5H3/q4*+1. The number of rotatable bonds is 6. The van der Waals surface area contributed by atoms with E-state index in [1.807, 2.05) is 12.3 Å². The van der Waals surface area contributed by atoms with Crippen molar-refractivity contribution in [3.05, 3.63) is 333 Å². The highest BCUT2D eigenvalue weighted by atomic mass is 16.4. The van der Waals surface area contributed by atoms with Crippen molar-refractivity contribution in [2.75, 3.05) is 0 Å². The Morgan fingerprint density at radius 1 is 0.286 bits per heavy atom. The Morgan fingerprint density at radius 3 is 1.11 bits per heavy atom. The molecular formula is C114H104N8O4+4. The maximum absolute atomic E-state index is 6.59. The first-order valence-corrected chi connectivity index (χ1v) is 44.3. The molecule has 0 aliphatic heterocycles. The molecule has 24 rings (SSSR count). The zero-order valence-electron chi connectivity index (χ0n) is 75.7. The van der Waals surface area contributed by atoms with Gasteiger partial charge < -0.3 is 17.7 Å². The average molecular weight is 1650 g/mol. The Balaban J connectivity index is 0.000000103. The van der Waals surface area contributed by atoms with Crippen LogP contribution in [0.2, 0.25) is 0 Å². The summed E-state index contributed by atoms with van der Waals surface area (Å²) >= 11 is 0. The number of hydrogen-bond acceptors (Lipinski definition) is 8. The summed E-state index contributed by atoms with van der Waals surface area (Å²) in [6.45, 7) is 35.2. The quantitative estimate of drug-likeness (QED) is 0.151. The van der Waals surface area contributed by atoms with Crippen LogP contribution >= 0.6 is 0 Å². The van der Waals surface area contributed by atoms with Gasteiger partial charge in [0.2, 0.25) is 39.9 Å². The Kier molecular flexibility index (Phi) is 18.2. The van der Waals surface area contributed by atoms with Gasteiger partial charge in [-0.25, -0.2) is 33.2 Å². The van der Waals surface area contributed by atoms with Crippen molar-refractivity contribution in [3.63, 3.8) is 0 Å². The van der Waals surface area contributed by atoms with Gasteiger partial charge in [-0.2, -0.15) is 0 Å². The van der Waals surface area contributed by atoms with Gasteiger partial charge in [-0.05, 0) is 196 Å². The number of fused-ring (bicyclic) bond motifs is 24. The SMILES string of the molecule is CCC1(CC)c2ccccc2-c2cc3c(nc21)oc1c(-c2ccc(C)c[n+]2C)c(C)ccc13.Cc1ccc(-c2c(C)ccc3c2oc2cc4c(cc23)-c2cccnc2C4(C)C)[n+](C)c1.Cc1ccc(-c2c(C)ccc3c2oc2nc4c(cc23)-c2ccccc2C4(C)C)[n+](C)c1.Cc1ccc(-c2c(C)ccc3c2oc2nc4c(cc23)C(C)(C)c2ccccc2-4)[n+](C)c1. The number of pyridine rings is 8. The molecule has 0 radical (unpaired) electrons. The molecule has 4 aliphatic rings. The lowest BCUT2D eigenvalue weighted by molar-refractivity contribution is -0.660. The van der Waals surface area contributed by atoms with Crippen LogP contribution in [0.1, 0.15) is 158 Å². The fourth-order valence-corrected chi connectivity index (χ4v) is 21.8. The van der Waals surface area contributed by atoms with Crippen LogP contribution < -0.4 is 18.3 Å². The van der Waals surface area contributed by atoms with Crippen molar-refractivity contribution in [3.8, 4) is 89.7 Å². The topological polar surface area (TPSA) is 120 Å². The number of nitrogens with zero attached hydrogens (tertiary/aromatic N) is 8. The van der Waals surface area contributed by atoms with E-state index in [0.717, 1.165) is 157 Å². The summed E-state index contributed by atoms with van der Waals surface area (Å²) in [5, 5.41) is 8.96. The maximum Gasteiger partial charge on any atom is 0.227 e. The van der Waals surface area contributed by atoms with Crippen molar-refractivity contribution in [1.29, 1.82) is 0 Å². The second-order valence-corrected chi connectivity index (χ2v) is 37.6. The van der Waals surface area contributed by atoms with Crippen LogP contribution in [0, 0.1) is 55.4 Å². The van der Waals surface area contributed by atoms with E-state index >= 15 is 0 Å². The van der Waals surface area contributed by atoms with E-state index in [0.29, 0.717) is 5.71 Å². The molecule has 0 N–H and O–H groups in total. The molecule has 0 unspecified atom stereocenters. The van der Waals surface area contributed by atoms with Crippen LogP contribution in [0.25, 0.3) is 178 Å². The van der Waals surface area contributed by atoms with Crippen molar-refractivity contribution >= 4 is 88.1 Å². The summed E-state index contributed by atoms with van der Waals surface area (Å²) in [6, 6.07) is 76.6. The lowest BCUT2D eigenvalue weighted by atomic mass is 9.76. The predicted molar refractivity (Wildman–Crippen MR) is 510 cm³/mol. The molecule has 12 heterocycles. The van der Waals surface area contributed by atoms with Gasteiger partial charge >= 0.3 is 0 Å². The van der Waals surface area contributed by atoms with Crippen LogP contribution in [-0.2, 0) is 49.9 Å². The minimum atomic E-state index is -0.138. The number of aromatic nitrogens is 8. The molecule has 0 atom stereocenters. The second kappa shape index (κ2) is 28.9. The van der Waals surface area contributed by atoms with Crippen molar-refractivity contribution in [2.45, 2.75) is 145 Å². The molecule has 126 heavy (non-hydrogen) atoms. The summed E-state index contributed by atoms with van der Waals surface area (Å²) in [5.74, 6) is 0. The summed E-state index contributed by atoms with van der Waals surface area (Å²) in [4.78, 5) is 20.1. The smallest absolute Gasteiger partial charge is 0.227 e. The molecule has 12 aromatic heterocycles. The zero-order valence-corrected chi connectivity index (χ0v) is 75.7. The third-order valence-corrected chi connectivity index (χ3v) is 28.4. The predicted octanol–water partition coefficient (Wildman–Crippen LogP) is 26.4. The van der Waals surface area contributed by atoms with Crippen molar-refractivity contribution in [2.24, 2.45) is 28.2 Å². The summed E-state index contributed by atoms with van der Waals surface area (Å²) in [7, 11) is 8.39. The summed E-state index contributed by atoms with van der Waals surface area (Å²) < 4.78 is 34.9. The van der Waals surface area contributed by atoms with E-state index in [4.69, 9.17) is 37.6 Å². The first kappa shape index (κ1) is 79.3. The second-order valence-electron chi connectivity index (χ2n) is 37.6. The first-order valence-electron chi connectivity index (χ1n) is 44.3. The average Bonchev–Trinajstić information content (AvgIpc) is 1.61. The highest BCUT2D eigenvalue weighted by Gasteiger charge is 2.45. The van der Waals surface area contributed by atoms with Crippen LogP contribution in [-0.4, -0.2) is 19.9 Å². The third-order valence-electron chi connectivity index (χ3n) is 28.4. The molecule has 0 saturated carbocycles. The molecule has 0 bridgehead atoms. The van der Waals surface area contributed by atoms with E-state index in [2.05, 4.69) is 388 Å². The molecule has 0 saturated heterocycles. The molecule has 12 heteroatoms. The zero-order chi connectivity index (χ0) is 87.4. The maximum atomic E-state index is 6.59. The molecule has 0 fully saturated rings. The monoisotopic (exact) mass is 1650 g/mol. The Labute approximate surface area is 735 Å². The van der Waals surface area contributed by atoms with Crippen LogP contribution in [0.5, 0.6) is 0 Å². The number of aryl methyl sites for hydroxylation is 12. The van der Waals surface area contributed by atoms with Gasteiger partial charge in [0.15, 0.2) is 41.5 Å². The first-order chi connectivity index (χ1) is 60.6. The highest BCUT2D eigenvalue weighted by molar-refractivity contribution is 6.15. The molecule has 8 aromatic carbocycles. The Hall–Kier alpha value is -13.8. The lowest BCUT2D eigenvalue weighted by Crippen LogP contribution is -2.31. The molecular weight excluding hydrogens is 1550 g/mol. The van der Waals surface area contributed by atoms with E-state index in [9.17, 15) is 0 Å². The molecule has 0 amide bonds. The molecule has 4 aliphatic carbocycles. The van der Waals surface area contributed by atoms with E-state index in [1.165, 1.54) is 117 Å². The van der Waals surface area contributed by atoms with E-state index in [1.54, 1.807) is 0 Å².